The van der Waals surface area contributed by atoms with Crippen molar-refractivity contribution >= 4 is 17.2 Å². The quantitative estimate of drug-likeness (QED) is 0.524. The molecule has 186 valence electrons. The van der Waals surface area contributed by atoms with Crippen molar-refractivity contribution in [2.75, 3.05) is 53.1 Å². The lowest BCUT2D eigenvalue weighted by Crippen LogP contribution is -2.49. The molecule has 0 spiro atoms. The fourth-order valence-corrected chi connectivity index (χ4v) is 5.72. The Kier molecular flexibility index (Phi) is 8.97. The second-order valence-electron chi connectivity index (χ2n) is 9.21. The van der Waals surface area contributed by atoms with Crippen LogP contribution in [0.3, 0.4) is 0 Å². The molecule has 0 bridgehead atoms. The minimum absolute atomic E-state index is 0.0527. The minimum Gasteiger partial charge on any atom is -0.491 e. The number of amides is 1. The highest BCUT2D eigenvalue weighted by molar-refractivity contribution is 7.10. The number of aryl methyl sites for hydroxylation is 1. The van der Waals surface area contributed by atoms with Crippen LogP contribution < -0.4 is 4.74 Å². The normalized spacial score (nSPS) is 21.0. The second kappa shape index (κ2) is 12.1. The van der Waals surface area contributed by atoms with Gasteiger partial charge in [-0.2, -0.15) is 0 Å². The number of carbonyl (C=O) groups is 1. The van der Waals surface area contributed by atoms with Crippen molar-refractivity contribution in [2.45, 2.75) is 44.4 Å². The Hall–Kier alpha value is -1.97. The molecule has 34 heavy (non-hydrogen) atoms. The van der Waals surface area contributed by atoms with Crippen LogP contribution in [0, 0.1) is 6.92 Å². The molecule has 2 aromatic rings. The van der Waals surface area contributed by atoms with Crippen LogP contribution in [0.1, 0.15) is 34.9 Å². The van der Waals surface area contributed by atoms with Crippen LogP contribution in [0.5, 0.6) is 5.75 Å². The molecule has 4 rings (SSSR count). The molecule has 1 saturated heterocycles. The van der Waals surface area contributed by atoms with Gasteiger partial charge in [0, 0.05) is 38.2 Å². The Morgan fingerprint density at radius 3 is 2.88 bits per heavy atom. The van der Waals surface area contributed by atoms with E-state index in [4.69, 9.17) is 14.2 Å². The Labute approximate surface area is 206 Å². The highest BCUT2D eigenvalue weighted by Gasteiger charge is 2.33. The third-order valence-electron chi connectivity index (χ3n) is 6.52. The monoisotopic (exact) mass is 488 g/mol. The summed E-state index contributed by atoms with van der Waals surface area (Å²) in [5, 5.41) is 12.4. The maximum atomic E-state index is 13.6. The zero-order valence-electron chi connectivity index (χ0n) is 20.2. The van der Waals surface area contributed by atoms with E-state index >= 15 is 0 Å². The highest BCUT2D eigenvalue weighted by atomic mass is 32.1. The summed E-state index contributed by atoms with van der Waals surface area (Å²) in [4.78, 5) is 18.9. The first-order valence-electron chi connectivity index (χ1n) is 12.1. The Morgan fingerprint density at radius 1 is 1.32 bits per heavy atom. The lowest BCUT2D eigenvalue weighted by atomic mass is 10.0. The van der Waals surface area contributed by atoms with Crippen LogP contribution in [0.4, 0.5) is 0 Å². The molecule has 0 saturated carbocycles. The number of ether oxygens (including phenoxy) is 3. The molecule has 7 nitrogen and oxygen atoms in total. The van der Waals surface area contributed by atoms with E-state index in [1.165, 1.54) is 16.0 Å². The van der Waals surface area contributed by atoms with Crippen molar-refractivity contribution in [2.24, 2.45) is 0 Å². The van der Waals surface area contributed by atoms with E-state index in [9.17, 15) is 9.90 Å². The summed E-state index contributed by atoms with van der Waals surface area (Å²) < 4.78 is 17.0. The van der Waals surface area contributed by atoms with E-state index in [0.29, 0.717) is 26.2 Å². The van der Waals surface area contributed by atoms with Crippen molar-refractivity contribution < 1.29 is 24.1 Å². The number of fused-ring (bicyclic) bond motifs is 1. The zero-order chi connectivity index (χ0) is 23.9. The Balaban J connectivity index is 1.45. The van der Waals surface area contributed by atoms with Crippen LogP contribution in [-0.2, 0) is 20.7 Å². The smallest absolute Gasteiger partial charge is 0.237 e. The van der Waals surface area contributed by atoms with Crippen LogP contribution in [0.2, 0.25) is 0 Å². The summed E-state index contributed by atoms with van der Waals surface area (Å²) in [7, 11) is 1.57. The third kappa shape index (κ3) is 6.58. The van der Waals surface area contributed by atoms with E-state index in [2.05, 4.69) is 18.4 Å². The summed E-state index contributed by atoms with van der Waals surface area (Å²) in [5.74, 6) is 0.861. The molecule has 0 unspecified atom stereocenters. The van der Waals surface area contributed by atoms with Gasteiger partial charge >= 0.3 is 0 Å². The fourth-order valence-electron chi connectivity index (χ4n) is 4.79. The molecule has 0 radical (unpaired) electrons. The van der Waals surface area contributed by atoms with Crippen molar-refractivity contribution in [1.29, 1.82) is 0 Å². The molecular formula is C26H36N2O5S. The number of aliphatic hydroxyl groups excluding tert-OH is 1. The number of rotatable bonds is 11. The van der Waals surface area contributed by atoms with E-state index in [0.717, 1.165) is 31.6 Å². The van der Waals surface area contributed by atoms with Gasteiger partial charge in [-0.15, -0.1) is 11.3 Å². The average molecular weight is 489 g/mol. The summed E-state index contributed by atoms with van der Waals surface area (Å²) in [5.41, 5.74) is 2.37. The van der Waals surface area contributed by atoms with Crippen molar-refractivity contribution in [3.63, 3.8) is 0 Å². The molecule has 1 amide bonds. The number of methoxy groups -OCH3 is 1. The minimum atomic E-state index is -0.648. The topological polar surface area (TPSA) is 71.5 Å². The van der Waals surface area contributed by atoms with E-state index in [-0.39, 0.29) is 31.2 Å². The van der Waals surface area contributed by atoms with Gasteiger partial charge in [0.25, 0.3) is 0 Å². The number of carbonyl (C=O) groups excluding carboxylic acids is 1. The average Bonchev–Trinajstić information content (AvgIpc) is 3.50. The number of benzene rings is 1. The predicted molar refractivity (Wildman–Crippen MR) is 132 cm³/mol. The molecule has 2 aliphatic rings. The molecule has 1 aromatic carbocycles. The summed E-state index contributed by atoms with van der Waals surface area (Å²) in [6.45, 7) is 5.38. The maximum Gasteiger partial charge on any atom is 0.237 e. The lowest BCUT2D eigenvalue weighted by Gasteiger charge is -2.37. The van der Waals surface area contributed by atoms with Crippen LogP contribution in [-0.4, -0.2) is 86.1 Å². The number of thiophene rings is 1. The standard InChI is InChI=1S/C26H36N2O5S/c1-19-5-7-21(8-6-19)33-18-24-23-10-13-34-25(23)9-11-28(24)26(30)16-27(14-20(29)17-31-2)15-22-4-3-12-32-22/h5-8,10,13,20,22,24,29H,3-4,9,11-12,14-18H2,1-2H3/t20-,22-,24-/m1/s1. The number of nitrogens with zero attached hydrogens (tertiary/aromatic N) is 2. The van der Waals surface area contributed by atoms with Gasteiger partial charge in [-0.3, -0.25) is 9.69 Å². The van der Waals surface area contributed by atoms with Gasteiger partial charge in [0.05, 0.1) is 31.4 Å². The summed E-state index contributed by atoms with van der Waals surface area (Å²) >= 11 is 1.75. The van der Waals surface area contributed by atoms with Crippen molar-refractivity contribution in [1.82, 2.24) is 9.80 Å². The number of aliphatic hydroxyl groups is 1. The SMILES string of the molecule is COC[C@H](O)CN(CC(=O)N1CCc2sccc2[C@H]1COc1ccc(C)cc1)C[C@H]1CCCO1. The summed E-state index contributed by atoms with van der Waals surface area (Å²) in [6, 6.07) is 10.00. The Morgan fingerprint density at radius 2 is 2.15 bits per heavy atom. The first kappa shape index (κ1) is 25.1. The van der Waals surface area contributed by atoms with Crippen LogP contribution in [0.25, 0.3) is 0 Å². The highest BCUT2D eigenvalue weighted by Crippen LogP contribution is 2.34. The molecule has 3 heterocycles. The predicted octanol–water partition coefficient (Wildman–Crippen LogP) is 3.05. The zero-order valence-corrected chi connectivity index (χ0v) is 21.0. The molecule has 1 aromatic heterocycles. The fraction of sp³-hybridized carbons (Fsp3) is 0.577. The number of hydrogen-bond donors (Lipinski definition) is 1. The van der Waals surface area contributed by atoms with Crippen LogP contribution in [0.15, 0.2) is 35.7 Å². The van der Waals surface area contributed by atoms with Crippen molar-refractivity contribution in [3.8, 4) is 5.75 Å². The van der Waals surface area contributed by atoms with Crippen LogP contribution >= 0.6 is 11.3 Å². The first-order valence-corrected chi connectivity index (χ1v) is 13.0. The largest absolute Gasteiger partial charge is 0.491 e. The molecular weight excluding hydrogens is 452 g/mol. The number of hydrogen-bond acceptors (Lipinski definition) is 7. The molecule has 0 aliphatic carbocycles. The second-order valence-corrected chi connectivity index (χ2v) is 10.2. The molecule has 1 N–H and O–H groups in total. The molecule has 8 heteroatoms. The van der Waals surface area contributed by atoms with Gasteiger partial charge in [-0.1, -0.05) is 17.7 Å². The van der Waals surface area contributed by atoms with Gasteiger partial charge in [0.2, 0.25) is 5.91 Å². The summed E-state index contributed by atoms with van der Waals surface area (Å²) in [6.07, 6.45) is 2.34. The van der Waals surface area contributed by atoms with Gasteiger partial charge in [-0.05, 0) is 55.3 Å². The van der Waals surface area contributed by atoms with Gasteiger partial charge in [0.1, 0.15) is 12.4 Å². The molecule has 2 aliphatic heterocycles. The van der Waals surface area contributed by atoms with Gasteiger partial charge in [-0.25, -0.2) is 0 Å². The van der Waals surface area contributed by atoms with E-state index in [1.54, 1.807) is 18.4 Å². The van der Waals surface area contributed by atoms with Gasteiger partial charge in [0.15, 0.2) is 0 Å². The van der Waals surface area contributed by atoms with E-state index in [1.807, 2.05) is 34.1 Å². The maximum absolute atomic E-state index is 13.6. The van der Waals surface area contributed by atoms with Gasteiger partial charge < -0.3 is 24.2 Å². The lowest BCUT2D eigenvalue weighted by molar-refractivity contribution is -0.137. The van der Waals surface area contributed by atoms with Crippen molar-refractivity contribution in [3.05, 3.63) is 51.7 Å². The third-order valence-corrected chi connectivity index (χ3v) is 7.51. The molecule has 1 fully saturated rings. The Bertz CT molecular complexity index is 912. The first-order chi connectivity index (χ1) is 16.5. The molecule has 3 atom stereocenters. The van der Waals surface area contributed by atoms with E-state index < -0.39 is 6.10 Å².